The second-order valence-corrected chi connectivity index (χ2v) is 5.80. The first-order valence-electron chi connectivity index (χ1n) is 6.93. The molecule has 1 aromatic heterocycles. The maximum atomic E-state index is 5.87. The van der Waals surface area contributed by atoms with Crippen LogP contribution >= 0.6 is 0 Å². The lowest BCUT2D eigenvalue weighted by molar-refractivity contribution is 0.431. The Bertz CT molecular complexity index is 375. The molecule has 2 unspecified atom stereocenters. The molecular weight excluding hydrogens is 212 g/mol. The number of oxazole rings is 1. The molecule has 2 fully saturated rings. The van der Waals surface area contributed by atoms with E-state index in [1.165, 1.54) is 19.3 Å². The minimum absolute atomic E-state index is 0.534. The average Bonchev–Trinajstić information content (AvgIpc) is 2.73. The SMILES string of the molecule is CC(C)NCCc1ncc(C2C3CCCC32)o1. The summed E-state index contributed by atoms with van der Waals surface area (Å²) in [5.41, 5.74) is 0. The molecule has 2 aliphatic carbocycles. The highest BCUT2D eigenvalue weighted by molar-refractivity contribution is 5.19. The normalized spacial score (nSPS) is 30.9. The van der Waals surface area contributed by atoms with Crippen molar-refractivity contribution in [2.24, 2.45) is 11.8 Å². The summed E-state index contributed by atoms with van der Waals surface area (Å²) in [4.78, 5) is 4.39. The third-order valence-electron chi connectivity index (χ3n) is 4.20. The van der Waals surface area contributed by atoms with Crippen LogP contribution in [-0.4, -0.2) is 17.6 Å². The van der Waals surface area contributed by atoms with Gasteiger partial charge in [-0.05, 0) is 24.7 Å². The molecule has 1 N–H and O–H groups in total. The molecule has 94 valence electrons. The number of nitrogens with one attached hydrogen (secondary N) is 1. The second kappa shape index (κ2) is 4.45. The van der Waals surface area contributed by atoms with Crippen LogP contribution in [0.15, 0.2) is 10.6 Å². The number of aromatic nitrogens is 1. The van der Waals surface area contributed by atoms with E-state index in [4.69, 9.17) is 4.42 Å². The van der Waals surface area contributed by atoms with Gasteiger partial charge in [-0.15, -0.1) is 0 Å². The molecule has 2 saturated carbocycles. The Morgan fingerprint density at radius 3 is 2.88 bits per heavy atom. The van der Waals surface area contributed by atoms with Gasteiger partial charge in [-0.1, -0.05) is 20.3 Å². The average molecular weight is 234 g/mol. The fraction of sp³-hybridized carbons (Fsp3) is 0.786. The highest BCUT2D eigenvalue weighted by Crippen LogP contribution is 2.63. The molecular formula is C14H22N2O. The highest BCUT2D eigenvalue weighted by Gasteiger charge is 2.54. The molecule has 2 aliphatic rings. The maximum absolute atomic E-state index is 5.87. The zero-order valence-corrected chi connectivity index (χ0v) is 10.8. The second-order valence-electron chi connectivity index (χ2n) is 5.80. The lowest BCUT2D eigenvalue weighted by Gasteiger charge is -2.05. The molecule has 0 amide bonds. The Morgan fingerprint density at radius 1 is 1.41 bits per heavy atom. The van der Waals surface area contributed by atoms with Crippen LogP contribution in [0.25, 0.3) is 0 Å². The summed E-state index contributed by atoms with van der Waals surface area (Å²) >= 11 is 0. The third-order valence-corrected chi connectivity index (χ3v) is 4.20. The van der Waals surface area contributed by atoms with E-state index in [2.05, 4.69) is 24.1 Å². The molecule has 3 nitrogen and oxygen atoms in total. The van der Waals surface area contributed by atoms with Gasteiger partial charge in [-0.25, -0.2) is 4.98 Å². The zero-order chi connectivity index (χ0) is 11.8. The van der Waals surface area contributed by atoms with Gasteiger partial charge in [-0.2, -0.15) is 0 Å². The van der Waals surface area contributed by atoms with E-state index < -0.39 is 0 Å². The van der Waals surface area contributed by atoms with Crippen molar-refractivity contribution in [1.82, 2.24) is 10.3 Å². The number of rotatable bonds is 5. The summed E-state index contributed by atoms with van der Waals surface area (Å²) < 4.78 is 5.87. The summed E-state index contributed by atoms with van der Waals surface area (Å²) in [6.07, 6.45) is 7.10. The molecule has 0 bridgehead atoms. The topological polar surface area (TPSA) is 38.1 Å². The van der Waals surface area contributed by atoms with E-state index in [1.807, 2.05) is 6.20 Å². The summed E-state index contributed by atoms with van der Waals surface area (Å²) in [6.45, 7) is 5.27. The van der Waals surface area contributed by atoms with Gasteiger partial charge in [0.1, 0.15) is 5.76 Å². The predicted octanol–water partition coefficient (Wildman–Crippen LogP) is 2.73. The Morgan fingerprint density at radius 2 is 2.18 bits per heavy atom. The minimum Gasteiger partial charge on any atom is -0.445 e. The van der Waals surface area contributed by atoms with Crippen LogP contribution in [0.3, 0.4) is 0 Å². The van der Waals surface area contributed by atoms with Gasteiger partial charge in [-0.3, -0.25) is 0 Å². The number of hydrogen-bond donors (Lipinski definition) is 1. The monoisotopic (exact) mass is 234 g/mol. The van der Waals surface area contributed by atoms with Gasteiger partial charge >= 0.3 is 0 Å². The first-order valence-corrected chi connectivity index (χ1v) is 6.93. The largest absolute Gasteiger partial charge is 0.445 e. The number of fused-ring (bicyclic) bond motifs is 1. The fourth-order valence-corrected chi connectivity index (χ4v) is 3.31. The molecule has 17 heavy (non-hydrogen) atoms. The molecule has 1 heterocycles. The van der Waals surface area contributed by atoms with E-state index in [1.54, 1.807) is 0 Å². The van der Waals surface area contributed by atoms with Crippen LogP contribution < -0.4 is 5.32 Å². The molecule has 1 aromatic rings. The van der Waals surface area contributed by atoms with E-state index >= 15 is 0 Å². The molecule has 3 heteroatoms. The smallest absolute Gasteiger partial charge is 0.195 e. The molecule has 0 spiro atoms. The van der Waals surface area contributed by atoms with Crippen LogP contribution in [-0.2, 0) is 6.42 Å². The molecule has 3 rings (SSSR count). The summed E-state index contributed by atoms with van der Waals surface area (Å²) in [5, 5.41) is 3.39. The van der Waals surface area contributed by atoms with Crippen molar-refractivity contribution in [2.45, 2.75) is 51.5 Å². The van der Waals surface area contributed by atoms with Crippen LogP contribution in [0.2, 0.25) is 0 Å². The van der Waals surface area contributed by atoms with Crippen molar-refractivity contribution < 1.29 is 4.42 Å². The summed E-state index contributed by atoms with van der Waals surface area (Å²) in [6, 6.07) is 0.534. The van der Waals surface area contributed by atoms with Crippen molar-refractivity contribution in [2.75, 3.05) is 6.54 Å². The van der Waals surface area contributed by atoms with Crippen molar-refractivity contribution in [1.29, 1.82) is 0 Å². The molecule has 0 saturated heterocycles. The minimum atomic E-state index is 0.534. The quantitative estimate of drug-likeness (QED) is 0.851. The van der Waals surface area contributed by atoms with Gasteiger partial charge in [0.25, 0.3) is 0 Å². The standard InChI is InChI=1S/C14H22N2O/c1-9(2)15-7-6-13-16-8-12(17-13)14-10-4-3-5-11(10)14/h8-11,14-15H,3-7H2,1-2H3. The Labute approximate surface area is 103 Å². The van der Waals surface area contributed by atoms with Crippen molar-refractivity contribution in [3.63, 3.8) is 0 Å². The lowest BCUT2D eigenvalue weighted by atomic mass is 10.1. The van der Waals surface area contributed by atoms with E-state index in [9.17, 15) is 0 Å². The molecule has 2 atom stereocenters. The molecule has 0 radical (unpaired) electrons. The summed E-state index contributed by atoms with van der Waals surface area (Å²) in [5.74, 6) is 4.61. The van der Waals surface area contributed by atoms with Crippen LogP contribution in [0.5, 0.6) is 0 Å². The fourth-order valence-electron chi connectivity index (χ4n) is 3.31. The maximum Gasteiger partial charge on any atom is 0.195 e. The first-order chi connectivity index (χ1) is 8.25. The number of hydrogen-bond acceptors (Lipinski definition) is 3. The summed E-state index contributed by atoms with van der Waals surface area (Å²) in [7, 11) is 0. The van der Waals surface area contributed by atoms with Crippen molar-refractivity contribution in [3.8, 4) is 0 Å². The van der Waals surface area contributed by atoms with E-state index in [-0.39, 0.29) is 0 Å². The van der Waals surface area contributed by atoms with Gasteiger partial charge in [0, 0.05) is 24.9 Å². The van der Waals surface area contributed by atoms with Crippen molar-refractivity contribution >= 4 is 0 Å². The van der Waals surface area contributed by atoms with Gasteiger partial charge in [0.15, 0.2) is 5.89 Å². The van der Waals surface area contributed by atoms with Crippen LogP contribution in [0, 0.1) is 11.8 Å². The van der Waals surface area contributed by atoms with E-state index in [0.29, 0.717) is 12.0 Å². The van der Waals surface area contributed by atoms with Gasteiger partial charge in [0.05, 0.1) is 6.20 Å². The van der Waals surface area contributed by atoms with E-state index in [0.717, 1.165) is 36.5 Å². The zero-order valence-electron chi connectivity index (χ0n) is 10.8. The van der Waals surface area contributed by atoms with Gasteiger partial charge in [0.2, 0.25) is 0 Å². The molecule has 0 aromatic carbocycles. The van der Waals surface area contributed by atoms with Gasteiger partial charge < -0.3 is 9.73 Å². The third kappa shape index (κ3) is 2.25. The molecule has 0 aliphatic heterocycles. The first kappa shape index (κ1) is 11.3. The Kier molecular flexibility index (Phi) is 2.95. The Balaban J connectivity index is 1.53. The highest BCUT2D eigenvalue weighted by atomic mass is 16.4. The van der Waals surface area contributed by atoms with Crippen LogP contribution in [0.1, 0.15) is 50.7 Å². The lowest BCUT2D eigenvalue weighted by Crippen LogP contribution is -2.24. The van der Waals surface area contributed by atoms with Crippen LogP contribution in [0.4, 0.5) is 0 Å². The predicted molar refractivity (Wildman–Crippen MR) is 66.9 cm³/mol. The van der Waals surface area contributed by atoms with Crippen molar-refractivity contribution in [3.05, 3.63) is 17.8 Å². The number of nitrogens with zero attached hydrogens (tertiary/aromatic N) is 1. The Hall–Kier alpha value is -0.830.